The standard InChI is InChI=1S/C17H23N5O2S2/c1-11(25-16-22-21-15(26-16)20-17(2,3)4)13(23)19-14(24)18-10-12-8-6-5-7-9-12/h5-9,11H,10H2,1-4H3,(H,20,21)(H2,18,19,23,24). The van der Waals surface area contributed by atoms with Crippen LogP contribution in [-0.4, -0.2) is 32.9 Å². The number of carbonyl (C=O) groups is 2. The first-order valence-electron chi connectivity index (χ1n) is 8.14. The number of benzene rings is 1. The first-order chi connectivity index (χ1) is 12.2. The topological polar surface area (TPSA) is 96.0 Å². The van der Waals surface area contributed by atoms with E-state index < -0.39 is 11.3 Å². The summed E-state index contributed by atoms with van der Waals surface area (Å²) in [5.41, 5.74) is 0.853. The van der Waals surface area contributed by atoms with Crippen molar-refractivity contribution in [1.82, 2.24) is 20.8 Å². The fourth-order valence-electron chi connectivity index (χ4n) is 1.87. The molecular formula is C17H23N5O2S2. The molecule has 2 rings (SSSR count). The number of urea groups is 1. The fraction of sp³-hybridized carbons (Fsp3) is 0.412. The third-order valence-corrected chi connectivity index (χ3v) is 5.09. The van der Waals surface area contributed by atoms with Crippen molar-refractivity contribution in [2.75, 3.05) is 5.32 Å². The summed E-state index contributed by atoms with van der Waals surface area (Å²) in [6.45, 7) is 8.18. The maximum Gasteiger partial charge on any atom is 0.321 e. The smallest absolute Gasteiger partial charge is 0.321 e. The number of hydrogen-bond acceptors (Lipinski definition) is 7. The molecule has 0 bridgehead atoms. The molecule has 0 saturated carbocycles. The number of amides is 3. The van der Waals surface area contributed by atoms with Crippen molar-refractivity contribution in [2.24, 2.45) is 0 Å². The summed E-state index contributed by atoms with van der Waals surface area (Å²) in [5.74, 6) is -0.374. The number of hydrogen-bond donors (Lipinski definition) is 3. The molecule has 1 heterocycles. The van der Waals surface area contributed by atoms with Crippen LogP contribution in [0.15, 0.2) is 34.7 Å². The predicted octanol–water partition coefficient (Wildman–Crippen LogP) is 3.26. The summed E-state index contributed by atoms with van der Waals surface area (Å²) in [6.07, 6.45) is 0. The molecule has 0 fully saturated rings. The van der Waals surface area contributed by atoms with E-state index in [4.69, 9.17) is 0 Å². The molecule has 26 heavy (non-hydrogen) atoms. The minimum Gasteiger partial charge on any atom is -0.355 e. The SMILES string of the molecule is CC(Sc1nnc(NC(C)(C)C)s1)C(=O)NC(=O)NCc1ccccc1. The summed E-state index contributed by atoms with van der Waals surface area (Å²) in [4.78, 5) is 24.0. The van der Waals surface area contributed by atoms with Gasteiger partial charge < -0.3 is 10.6 Å². The summed E-state index contributed by atoms with van der Waals surface area (Å²) >= 11 is 2.65. The minimum atomic E-state index is -0.515. The normalized spacial score (nSPS) is 12.3. The van der Waals surface area contributed by atoms with Crippen LogP contribution in [0, 0.1) is 0 Å². The second-order valence-corrected chi connectivity index (χ2v) is 9.23. The van der Waals surface area contributed by atoms with Gasteiger partial charge in [0.15, 0.2) is 4.34 Å². The molecule has 1 aromatic carbocycles. The van der Waals surface area contributed by atoms with Crippen molar-refractivity contribution < 1.29 is 9.59 Å². The van der Waals surface area contributed by atoms with Crippen LogP contribution in [-0.2, 0) is 11.3 Å². The molecule has 1 unspecified atom stereocenters. The molecule has 0 saturated heterocycles. The van der Waals surface area contributed by atoms with Crippen molar-refractivity contribution in [3.05, 3.63) is 35.9 Å². The molecule has 2 aromatic rings. The van der Waals surface area contributed by atoms with Gasteiger partial charge in [-0.25, -0.2) is 4.79 Å². The number of aromatic nitrogens is 2. The number of rotatable bonds is 6. The molecule has 0 aliphatic carbocycles. The lowest BCUT2D eigenvalue weighted by atomic mass is 10.1. The van der Waals surface area contributed by atoms with Gasteiger partial charge in [0.2, 0.25) is 11.0 Å². The molecular weight excluding hydrogens is 370 g/mol. The Bertz CT molecular complexity index is 743. The van der Waals surface area contributed by atoms with Crippen LogP contribution >= 0.6 is 23.1 Å². The number of anilines is 1. The van der Waals surface area contributed by atoms with Crippen molar-refractivity contribution >= 4 is 40.2 Å². The zero-order valence-electron chi connectivity index (χ0n) is 15.2. The molecule has 1 aromatic heterocycles. The summed E-state index contributed by atoms with van der Waals surface area (Å²) < 4.78 is 0.670. The second-order valence-electron chi connectivity index (χ2n) is 6.67. The van der Waals surface area contributed by atoms with Crippen LogP contribution in [0.3, 0.4) is 0 Å². The van der Waals surface area contributed by atoms with Crippen LogP contribution < -0.4 is 16.0 Å². The lowest BCUT2D eigenvalue weighted by Gasteiger charge is -2.18. The summed E-state index contributed by atoms with van der Waals surface area (Å²) in [6, 6.07) is 8.98. The van der Waals surface area contributed by atoms with Gasteiger partial charge in [-0.05, 0) is 33.3 Å². The first-order valence-corrected chi connectivity index (χ1v) is 9.83. The largest absolute Gasteiger partial charge is 0.355 e. The Labute approximate surface area is 161 Å². The van der Waals surface area contributed by atoms with Gasteiger partial charge in [0.05, 0.1) is 5.25 Å². The highest BCUT2D eigenvalue weighted by Crippen LogP contribution is 2.30. The van der Waals surface area contributed by atoms with Gasteiger partial charge in [0.1, 0.15) is 0 Å². The molecule has 3 N–H and O–H groups in total. The first kappa shape index (κ1) is 20.2. The molecule has 9 heteroatoms. The molecule has 0 aliphatic heterocycles. The molecule has 1 atom stereocenters. The lowest BCUT2D eigenvalue weighted by Crippen LogP contribution is -2.42. The Morgan fingerprint density at radius 1 is 1.19 bits per heavy atom. The van der Waals surface area contributed by atoms with Crippen molar-refractivity contribution in [3.63, 3.8) is 0 Å². The van der Waals surface area contributed by atoms with Gasteiger partial charge in [-0.3, -0.25) is 10.1 Å². The molecule has 0 spiro atoms. The Kier molecular flexibility index (Phi) is 6.98. The zero-order valence-corrected chi connectivity index (χ0v) is 16.8. The molecule has 3 amide bonds. The maximum atomic E-state index is 12.2. The van der Waals surface area contributed by atoms with Crippen molar-refractivity contribution in [2.45, 2.75) is 49.4 Å². The van der Waals surface area contributed by atoms with E-state index in [2.05, 4.69) is 26.1 Å². The van der Waals surface area contributed by atoms with E-state index in [0.717, 1.165) is 5.56 Å². The highest BCUT2D eigenvalue weighted by Gasteiger charge is 2.20. The Morgan fingerprint density at radius 2 is 1.88 bits per heavy atom. The highest BCUT2D eigenvalue weighted by atomic mass is 32.2. The summed E-state index contributed by atoms with van der Waals surface area (Å²) in [5, 5.41) is 16.6. The van der Waals surface area contributed by atoms with Crippen LogP contribution in [0.2, 0.25) is 0 Å². The average molecular weight is 394 g/mol. The monoisotopic (exact) mass is 393 g/mol. The van der Waals surface area contributed by atoms with Crippen LogP contribution in [0.4, 0.5) is 9.93 Å². The number of nitrogens with zero attached hydrogens (tertiary/aromatic N) is 2. The van der Waals surface area contributed by atoms with E-state index in [1.54, 1.807) is 6.92 Å². The third kappa shape index (κ3) is 7.01. The van der Waals surface area contributed by atoms with Gasteiger partial charge in [-0.15, -0.1) is 10.2 Å². The van der Waals surface area contributed by atoms with Gasteiger partial charge in [-0.1, -0.05) is 53.4 Å². The van der Waals surface area contributed by atoms with Crippen molar-refractivity contribution in [1.29, 1.82) is 0 Å². The van der Waals surface area contributed by atoms with Crippen LogP contribution in [0.1, 0.15) is 33.3 Å². The van der Waals surface area contributed by atoms with Crippen LogP contribution in [0.25, 0.3) is 0 Å². The van der Waals surface area contributed by atoms with E-state index in [1.807, 2.05) is 51.1 Å². The molecule has 140 valence electrons. The van der Waals surface area contributed by atoms with Gasteiger partial charge in [0.25, 0.3) is 0 Å². The third-order valence-electron chi connectivity index (χ3n) is 3.07. The Balaban J connectivity index is 1.79. The number of imide groups is 1. The lowest BCUT2D eigenvalue weighted by molar-refractivity contribution is -0.119. The van der Waals surface area contributed by atoms with Crippen molar-refractivity contribution in [3.8, 4) is 0 Å². The van der Waals surface area contributed by atoms with Gasteiger partial charge in [-0.2, -0.15) is 0 Å². The fourth-order valence-corrected chi connectivity index (χ4v) is 3.97. The number of thioether (sulfide) groups is 1. The van der Waals surface area contributed by atoms with E-state index in [-0.39, 0.29) is 11.4 Å². The number of carbonyl (C=O) groups excluding carboxylic acids is 2. The summed E-state index contributed by atoms with van der Waals surface area (Å²) in [7, 11) is 0. The van der Waals surface area contributed by atoms with Gasteiger partial charge in [0, 0.05) is 12.1 Å². The van der Waals surface area contributed by atoms with E-state index in [1.165, 1.54) is 23.1 Å². The van der Waals surface area contributed by atoms with Crippen LogP contribution in [0.5, 0.6) is 0 Å². The Morgan fingerprint density at radius 3 is 2.54 bits per heavy atom. The minimum absolute atomic E-state index is 0.110. The molecule has 0 aliphatic rings. The van der Waals surface area contributed by atoms with Gasteiger partial charge >= 0.3 is 6.03 Å². The Hall–Kier alpha value is -2.13. The second kappa shape index (κ2) is 9.00. The highest BCUT2D eigenvalue weighted by molar-refractivity contribution is 8.02. The van der Waals surface area contributed by atoms with E-state index >= 15 is 0 Å². The average Bonchev–Trinajstić information content (AvgIpc) is 2.98. The maximum absolute atomic E-state index is 12.2. The predicted molar refractivity (Wildman–Crippen MR) is 105 cm³/mol. The zero-order chi connectivity index (χ0) is 19.2. The molecule has 7 nitrogen and oxygen atoms in total. The van der Waals surface area contributed by atoms with E-state index in [9.17, 15) is 9.59 Å². The van der Waals surface area contributed by atoms with E-state index in [0.29, 0.717) is 16.0 Å². The quantitative estimate of drug-likeness (QED) is 0.652. The number of nitrogens with one attached hydrogen (secondary N) is 3. The molecule has 0 radical (unpaired) electrons.